The number of likely N-dealkylation sites (tertiary alicyclic amines) is 1. The molecular formula is C26H23FN2O3. The highest BCUT2D eigenvalue weighted by Gasteiger charge is 2.55. The second-order valence-electron chi connectivity index (χ2n) is 8.29. The quantitative estimate of drug-likeness (QED) is 0.690. The number of amides is 2. The van der Waals surface area contributed by atoms with E-state index in [-0.39, 0.29) is 42.4 Å². The van der Waals surface area contributed by atoms with Gasteiger partial charge in [0, 0.05) is 23.7 Å². The minimum absolute atomic E-state index is 0.0484. The highest BCUT2D eigenvalue weighted by atomic mass is 19.1. The Hall–Kier alpha value is -3.51. The third-order valence-corrected chi connectivity index (χ3v) is 6.49. The third-order valence-electron chi connectivity index (χ3n) is 6.49. The van der Waals surface area contributed by atoms with E-state index >= 15 is 0 Å². The first-order valence-corrected chi connectivity index (χ1v) is 10.7. The molecule has 0 bridgehead atoms. The largest absolute Gasteiger partial charge is 0.394 e. The van der Waals surface area contributed by atoms with E-state index in [0.29, 0.717) is 6.54 Å². The highest BCUT2D eigenvalue weighted by Crippen LogP contribution is 2.48. The van der Waals surface area contributed by atoms with E-state index in [0.717, 1.165) is 16.8 Å². The van der Waals surface area contributed by atoms with Gasteiger partial charge in [-0.2, -0.15) is 0 Å². The Bertz CT molecular complexity index is 1170. The lowest BCUT2D eigenvalue weighted by Crippen LogP contribution is -2.70. The van der Waals surface area contributed by atoms with Crippen molar-refractivity contribution in [3.05, 3.63) is 101 Å². The van der Waals surface area contributed by atoms with Crippen LogP contribution >= 0.6 is 0 Å². The van der Waals surface area contributed by atoms with Gasteiger partial charge in [0.25, 0.3) is 5.91 Å². The molecule has 1 saturated heterocycles. The smallest absolute Gasteiger partial charge is 0.254 e. The normalized spacial score (nSPS) is 21.4. The molecule has 1 N–H and O–H groups in total. The fourth-order valence-electron chi connectivity index (χ4n) is 5.04. The van der Waals surface area contributed by atoms with Crippen molar-refractivity contribution in [2.24, 2.45) is 0 Å². The number of aliphatic hydroxyl groups excluding tert-OH is 1. The number of para-hydroxylation sites is 1. The molecule has 0 radical (unpaired) electrons. The molecule has 0 aromatic heterocycles. The summed E-state index contributed by atoms with van der Waals surface area (Å²) in [7, 11) is 0. The summed E-state index contributed by atoms with van der Waals surface area (Å²) in [5, 5.41) is 10.1. The Morgan fingerprint density at radius 2 is 1.72 bits per heavy atom. The van der Waals surface area contributed by atoms with Crippen LogP contribution in [0.2, 0.25) is 0 Å². The van der Waals surface area contributed by atoms with Crippen LogP contribution in [0.3, 0.4) is 0 Å². The number of carbonyl (C=O) groups excluding carboxylic acids is 2. The second kappa shape index (κ2) is 8.20. The number of hydrogen-bond acceptors (Lipinski definition) is 3. The molecule has 2 heterocycles. The van der Waals surface area contributed by atoms with Gasteiger partial charge in [-0.3, -0.25) is 9.59 Å². The van der Waals surface area contributed by atoms with Crippen molar-refractivity contribution in [3.8, 4) is 0 Å². The number of rotatable bonds is 4. The molecule has 2 aliphatic rings. The molecule has 32 heavy (non-hydrogen) atoms. The first-order valence-electron chi connectivity index (χ1n) is 10.7. The van der Waals surface area contributed by atoms with Crippen molar-refractivity contribution >= 4 is 17.5 Å². The maximum Gasteiger partial charge on any atom is 0.254 e. The van der Waals surface area contributed by atoms with Crippen molar-refractivity contribution in [2.75, 3.05) is 18.1 Å². The van der Waals surface area contributed by atoms with Crippen LogP contribution in [0.1, 0.15) is 27.4 Å². The van der Waals surface area contributed by atoms with Gasteiger partial charge >= 0.3 is 0 Å². The molecule has 5 nitrogen and oxygen atoms in total. The Morgan fingerprint density at radius 3 is 2.47 bits per heavy atom. The minimum Gasteiger partial charge on any atom is -0.394 e. The Morgan fingerprint density at radius 1 is 0.969 bits per heavy atom. The van der Waals surface area contributed by atoms with Crippen molar-refractivity contribution < 1.29 is 19.1 Å². The number of halogens is 1. The number of anilines is 1. The van der Waals surface area contributed by atoms with Gasteiger partial charge in [-0.05, 0) is 35.4 Å². The number of fused-ring (bicyclic) bond motifs is 3. The summed E-state index contributed by atoms with van der Waals surface area (Å²) < 4.78 is 13.7. The molecule has 3 aromatic carbocycles. The molecular weight excluding hydrogens is 407 g/mol. The molecule has 0 unspecified atom stereocenters. The molecule has 3 atom stereocenters. The Labute approximate surface area is 185 Å². The summed E-state index contributed by atoms with van der Waals surface area (Å²) in [6, 6.07) is 22.1. The van der Waals surface area contributed by atoms with Crippen molar-refractivity contribution in [1.82, 2.24) is 4.90 Å². The summed E-state index contributed by atoms with van der Waals surface area (Å²) in [5.74, 6) is -0.941. The van der Waals surface area contributed by atoms with Crippen LogP contribution in [0, 0.1) is 5.82 Å². The number of nitrogens with zero attached hydrogens (tertiary/aromatic N) is 2. The maximum absolute atomic E-state index is 13.7. The van der Waals surface area contributed by atoms with E-state index in [1.54, 1.807) is 15.9 Å². The van der Waals surface area contributed by atoms with Gasteiger partial charge in [0.05, 0.1) is 25.1 Å². The first-order chi connectivity index (χ1) is 15.6. The second-order valence-corrected chi connectivity index (χ2v) is 8.29. The van der Waals surface area contributed by atoms with E-state index in [2.05, 4.69) is 0 Å². The fourth-order valence-corrected chi connectivity index (χ4v) is 5.04. The zero-order valence-electron chi connectivity index (χ0n) is 17.4. The monoisotopic (exact) mass is 430 g/mol. The molecule has 0 saturated carbocycles. The predicted octanol–water partition coefficient (Wildman–Crippen LogP) is 3.38. The van der Waals surface area contributed by atoms with Gasteiger partial charge in [-0.1, -0.05) is 54.6 Å². The molecule has 6 heteroatoms. The topological polar surface area (TPSA) is 60.9 Å². The van der Waals surface area contributed by atoms with E-state index in [1.807, 2.05) is 54.6 Å². The molecule has 0 spiro atoms. The Kier molecular flexibility index (Phi) is 5.23. The van der Waals surface area contributed by atoms with Gasteiger partial charge in [0.15, 0.2) is 0 Å². The number of hydrogen-bond donors (Lipinski definition) is 1. The minimum atomic E-state index is -0.484. The van der Waals surface area contributed by atoms with Crippen LogP contribution in [0.15, 0.2) is 78.9 Å². The van der Waals surface area contributed by atoms with Crippen LogP contribution in [0.5, 0.6) is 0 Å². The van der Waals surface area contributed by atoms with Crippen LogP contribution in [-0.4, -0.2) is 47.1 Å². The highest BCUT2D eigenvalue weighted by molar-refractivity contribution is 5.99. The maximum atomic E-state index is 13.7. The van der Waals surface area contributed by atoms with E-state index in [1.165, 1.54) is 18.2 Å². The van der Waals surface area contributed by atoms with Crippen molar-refractivity contribution in [3.63, 3.8) is 0 Å². The molecule has 1 fully saturated rings. The van der Waals surface area contributed by atoms with Gasteiger partial charge < -0.3 is 14.9 Å². The molecule has 0 aliphatic carbocycles. The zero-order chi connectivity index (χ0) is 22.2. The van der Waals surface area contributed by atoms with Crippen LogP contribution in [-0.2, 0) is 11.2 Å². The Balaban J connectivity index is 1.48. The lowest BCUT2D eigenvalue weighted by molar-refractivity contribution is -0.119. The molecule has 162 valence electrons. The van der Waals surface area contributed by atoms with Crippen molar-refractivity contribution in [2.45, 2.75) is 24.4 Å². The van der Waals surface area contributed by atoms with Gasteiger partial charge in [-0.15, -0.1) is 0 Å². The average Bonchev–Trinajstić information content (AvgIpc) is 2.80. The van der Waals surface area contributed by atoms with Gasteiger partial charge in [-0.25, -0.2) is 4.39 Å². The summed E-state index contributed by atoms with van der Waals surface area (Å²) in [5.41, 5.74) is 2.94. The lowest BCUT2D eigenvalue weighted by atomic mass is 9.71. The van der Waals surface area contributed by atoms with Crippen LogP contribution < -0.4 is 4.90 Å². The number of benzene rings is 3. The summed E-state index contributed by atoms with van der Waals surface area (Å²) in [6.45, 7) is 0.138. The predicted molar refractivity (Wildman–Crippen MR) is 119 cm³/mol. The lowest BCUT2D eigenvalue weighted by Gasteiger charge is -2.59. The molecule has 2 aliphatic heterocycles. The van der Waals surface area contributed by atoms with E-state index in [4.69, 9.17) is 0 Å². The molecule has 3 aromatic rings. The van der Waals surface area contributed by atoms with Crippen molar-refractivity contribution in [1.29, 1.82) is 0 Å². The van der Waals surface area contributed by atoms with Crippen LogP contribution in [0.4, 0.5) is 10.1 Å². The summed E-state index contributed by atoms with van der Waals surface area (Å²) in [6.07, 6.45) is 0.258. The van der Waals surface area contributed by atoms with Gasteiger partial charge in [0.1, 0.15) is 5.82 Å². The number of carbonyl (C=O) groups is 2. The zero-order valence-corrected chi connectivity index (χ0v) is 17.4. The van der Waals surface area contributed by atoms with E-state index in [9.17, 15) is 19.1 Å². The van der Waals surface area contributed by atoms with Crippen LogP contribution in [0.25, 0.3) is 0 Å². The van der Waals surface area contributed by atoms with E-state index < -0.39 is 11.9 Å². The summed E-state index contributed by atoms with van der Waals surface area (Å²) >= 11 is 0. The molecule has 2 amide bonds. The van der Waals surface area contributed by atoms with Gasteiger partial charge in [0.2, 0.25) is 5.91 Å². The SMILES string of the molecule is O=C(Cc1ccccc1)N1C[C@@H]2[C@H](c3ccccc31)[C@@H](CO)N2C(=O)c1cccc(F)c1. The number of aliphatic hydroxyl groups is 1. The fraction of sp³-hybridized carbons (Fsp3) is 0.231. The first kappa shape index (κ1) is 20.4. The summed E-state index contributed by atoms with van der Waals surface area (Å²) in [4.78, 5) is 29.8. The average molecular weight is 430 g/mol. The molecule has 5 rings (SSSR count). The standard InChI is InChI=1S/C26H23FN2O3/c27-19-10-6-9-18(14-19)26(32)29-22-15-28(24(31)13-17-7-2-1-3-8-17)21-12-5-4-11-20(21)25(22)23(29)16-30/h1-12,14,22-23,25,30H,13,15-16H2/t22-,23-,25+/m1/s1. The third kappa shape index (κ3) is 3.37.